The zero-order chi connectivity index (χ0) is 14.5. The Morgan fingerprint density at radius 2 is 1.95 bits per heavy atom. The molecule has 0 saturated carbocycles. The van der Waals surface area contributed by atoms with Gasteiger partial charge in [-0.2, -0.15) is 0 Å². The van der Waals surface area contributed by atoms with E-state index >= 15 is 0 Å². The van der Waals surface area contributed by atoms with Crippen LogP contribution < -0.4 is 10.4 Å². The quantitative estimate of drug-likeness (QED) is 0.807. The average molecular weight is 276 g/mol. The Balaban J connectivity index is 2.30. The van der Waals surface area contributed by atoms with Gasteiger partial charge in [-0.15, -0.1) is 0 Å². The molecule has 0 saturated heterocycles. The predicted molar refractivity (Wildman–Crippen MR) is 72.9 cm³/mol. The van der Waals surface area contributed by atoms with Crippen molar-refractivity contribution in [1.82, 2.24) is 0 Å². The highest BCUT2D eigenvalue weighted by Gasteiger charge is 2.44. The second-order valence-electron chi connectivity index (χ2n) is 5.46. The molecule has 5 heteroatoms. The van der Waals surface area contributed by atoms with Crippen molar-refractivity contribution in [3.05, 3.63) is 40.2 Å². The Morgan fingerprint density at radius 3 is 2.65 bits per heavy atom. The molecule has 2 aromatic rings. The molecule has 1 aliphatic rings. The first-order valence-corrected chi connectivity index (χ1v) is 6.40. The molecular formula is C15H16O5. The van der Waals surface area contributed by atoms with Crippen LogP contribution in [-0.2, 0) is 4.74 Å². The molecule has 5 nitrogen and oxygen atoms in total. The summed E-state index contributed by atoms with van der Waals surface area (Å²) in [5.74, 6) is 0.512. The number of aliphatic hydroxyl groups is 1. The number of hydrogen-bond acceptors (Lipinski definition) is 5. The third-order valence-corrected chi connectivity index (χ3v) is 3.68. The number of rotatable bonds is 1. The van der Waals surface area contributed by atoms with Crippen molar-refractivity contribution in [2.45, 2.75) is 31.7 Å². The van der Waals surface area contributed by atoms with E-state index in [1.165, 1.54) is 13.2 Å². The van der Waals surface area contributed by atoms with E-state index in [4.69, 9.17) is 13.9 Å². The van der Waals surface area contributed by atoms with Crippen LogP contribution in [-0.4, -0.2) is 23.9 Å². The topological polar surface area (TPSA) is 68.9 Å². The summed E-state index contributed by atoms with van der Waals surface area (Å²) in [4.78, 5) is 11.4. The third kappa shape index (κ3) is 1.82. The van der Waals surface area contributed by atoms with Crippen LogP contribution in [0, 0.1) is 0 Å². The number of ether oxygens (including phenoxy) is 2. The molecule has 20 heavy (non-hydrogen) atoms. The molecule has 0 amide bonds. The Bertz CT molecular complexity index is 716. The maximum Gasteiger partial charge on any atom is 0.336 e. The lowest BCUT2D eigenvalue weighted by Crippen LogP contribution is -2.49. The number of methoxy groups -OCH3 is 1. The minimum absolute atomic E-state index is 0.347. The van der Waals surface area contributed by atoms with Gasteiger partial charge in [-0.25, -0.2) is 4.79 Å². The van der Waals surface area contributed by atoms with Crippen LogP contribution in [0.1, 0.15) is 25.5 Å². The van der Waals surface area contributed by atoms with E-state index in [0.717, 1.165) is 5.39 Å². The van der Waals surface area contributed by atoms with Gasteiger partial charge in [0.15, 0.2) is 0 Å². The molecule has 3 rings (SSSR count). The fourth-order valence-electron chi connectivity index (χ4n) is 2.79. The minimum Gasteiger partial charge on any atom is -0.484 e. The summed E-state index contributed by atoms with van der Waals surface area (Å²) in [6.07, 6.45) is -1.47. The van der Waals surface area contributed by atoms with Crippen molar-refractivity contribution in [3.8, 4) is 5.75 Å². The number of aliphatic hydroxyl groups excluding tert-OH is 1. The van der Waals surface area contributed by atoms with Gasteiger partial charge in [-0.3, -0.25) is 0 Å². The SMILES string of the molecule is CO[C@@H]1[C@@H](O)c2c(ccc3ccc(=O)oc23)OC1(C)C. The van der Waals surface area contributed by atoms with E-state index in [2.05, 4.69) is 0 Å². The van der Waals surface area contributed by atoms with Crippen molar-refractivity contribution < 1.29 is 19.0 Å². The van der Waals surface area contributed by atoms with Crippen molar-refractivity contribution in [2.75, 3.05) is 7.11 Å². The largest absolute Gasteiger partial charge is 0.484 e. The molecule has 0 aliphatic carbocycles. The Kier molecular flexibility index (Phi) is 2.84. The average Bonchev–Trinajstić information content (AvgIpc) is 2.37. The standard InChI is InChI=1S/C15H16O5/c1-15(2)14(18-3)12(17)11-9(20-15)6-4-8-5-7-10(16)19-13(8)11/h4-7,12,14,17H,1-3H3/t12-,14+/m0/s1. The molecule has 0 spiro atoms. The second kappa shape index (κ2) is 4.33. The van der Waals surface area contributed by atoms with Crippen LogP contribution in [0.2, 0.25) is 0 Å². The second-order valence-corrected chi connectivity index (χ2v) is 5.46. The van der Waals surface area contributed by atoms with Gasteiger partial charge in [0.05, 0.1) is 5.56 Å². The van der Waals surface area contributed by atoms with Gasteiger partial charge in [-0.1, -0.05) is 0 Å². The van der Waals surface area contributed by atoms with E-state index < -0.39 is 23.4 Å². The Morgan fingerprint density at radius 1 is 1.25 bits per heavy atom. The fourth-order valence-corrected chi connectivity index (χ4v) is 2.79. The molecule has 2 atom stereocenters. The third-order valence-electron chi connectivity index (χ3n) is 3.68. The van der Waals surface area contributed by atoms with E-state index in [0.29, 0.717) is 16.9 Å². The van der Waals surface area contributed by atoms with Crippen LogP contribution in [0.25, 0.3) is 11.0 Å². The lowest BCUT2D eigenvalue weighted by Gasteiger charge is -2.41. The van der Waals surface area contributed by atoms with Crippen molar-refractivity contribution in [3.63, 3.8) is 0 Å². The van der Waals surface area contributed by atoms with E-state index in [1.54, 1.807) is 18.2 Å². The van der Waals surface area contributed by atoms with Crippen molar-refractivity contribution >= 4 is 11.0 Å². The monoisotopic (exact) mass is 276 g/mol. The minimum atomic E-state index is -0.923. The highest BCUT2D eigenvalue weighted by molar-refractivity contribution is 5.82. The summed E-state index contributed by atoms with van der Waals surface area (Å²) >= 11 is 0. The molecule has 1 N–H and O–H groups in total. The molecule has 106 valence electrons. The Hall–Kier alpha value is -1.85. The first kappa shape index (κ1) is 13.1. The molecule has 0 unspecified atom stereocenters. The fraction of sp³-hybridized carbons (Fsp3) is 0.400. The summed E-state index contributed by atoms with van der Waals surface area (Å²) in [5, 5.41) is 11.3. The van der Waals surface area contributed by atoms with Gasteiger partial charge in [0.2, 0.25) is 0 Å². The molecule has 1 aromatic heterocycles. The number of hydrogen-bond donors (Lipinski definition) is 1. The maximum absolute atomic E-state index is 11.4. The van der Waals surface area contributed by atoms with Crippen LogP contribution in [0.5, 0.6) is 5.75 Å². The lowest BCUT2D eigenvalue weighted by molar-refractivity contribution is -0.129. The molecule has 1 aliphatic heterocycles. The van der Waals surface area contributed by atoms with Crippen LogP contribution in [0.4, 0.5) is 0 Å². The van der Waals surface area contributed by atoms with Gasteiger partial charge in [0, 0.05) is 18.6 Å². The molecule has 0 radical (unpaired) electrons. The summed E-state index contributed by atoms with van der Waals surface area (Å²) in [7, 11) is 1.52. The van der Waals surface area contributed by atoms with Gasteiger partial charge in [0.1, 0.15) is 29.1 Å². The summed E-state index contributed by atoms with van der Waals surface area (Å²) < 4.78 is 16.5. The highest BCUT2D eigenvalue weighted by Crippen LogP contribution is 2.44. The lowest BCUT2D eigenvalue weighted by atomic mass is 9.87. The van der Waals surface area contributed by atoms with E-state index in [1.807, 2.05) is 13.8 Å². The molecule has 0 fully saturated rings. The highest BCUT2D eigenvalue weighted by atomic mass is 16.6. The predicted octanol–water partition coefficient (Wildman–Crippen LogP) is 2.01. The summed E-state index contributed by atoms with van der Waals surface area (Å²) in [6, 6.07) is 6.58. The summed E-state index contributed by atoms with van der Waals surface area (Å²) in [5.41, 5.74) is -0.326. The zero-order valence-corrected chi connectivity index (χ0v) is 11.5. The normalized spacial score (nSPS) is 24.2. The smallest absolute Gasteiger partial charge is 0.336 e. The van der Waals surface area contributed by atoms with Crippen molar-refractivity contribution in [1.29, 1.82) is 0 Å². The van der Waals surface area contributed by atoms with Gasteiger partial charge in [0.25, 0.3) is 0 Å². The van der Waals surface area contributed by atoms with Gasteiger partial charge >= 0.3 is 5.63 Å². The van der Waals surface area contributed by atoms with Crippen molar-refractivity contribution in [2.24, 2.45) is 0 Å². The summed E-state index contributed by atoms with van der Waals surface area (Å²) in [6.45, 7) is 3.69. The molecule has 2 heterocycles. The van der Waals surface area contributed by atoms with Crippen LogP contribution in [0.3, 0.4) is 0 Å². The van der Waals surface area contributed by atoms with Gasteiger partial charge < -0.3 is 19.0 Å². The van der Waals surface area contributed by atoms with Crippen LogP contribution in [0.15, 0.2) is 33.5 Å². The zero-order valence-electron chi connectivity index (χ0n) is 11.5. The first-order valence-electron chi connectivity index (χ1n) is 6.40. The molecule has 0 bridgehead atoms. The maximum atomic E-state index is 11.4. The molecular weight excluding hydrogens is 260 g/mol. The molecule has 1 aromatic carbocycles. The first-order chi connectivity index (χ1) is 9.44. The van der Waals surface area contributed by atoms with E-state index in [9.17, 15) is 9.90 Å². The number of fused-ring (bicyclic) bond motifs is 3. The van der Waals surface area contributed by atoms with Crippen LogP contribution >= 0.6 is 0 Å². The Labute approximate surface area is 115 Å². The van der Waals surface area contributed by atoms with Gasteiger partial charge in [-0.05, 0) is 32.0 Å². The number of benzene rings is 1. The van der Waals surface area contributed by atoms with E-state index in [-0.39, 0.29) is 0 Å².